The maximum Gasteiger partial charge on any atom is 0.326 e. The van der Waals surface area contributed by atoms with Gasteiger partial charge in [0.25, 0.3) is 0 Å². The molecular formula is C20H28N4O10. The Balaban J connectivity index is 2.85. The van der Waals surface area contributed by atoms with Crippen molar-refractivity contribution in [1.82, 2.24) is 16.0 Å². The zero-order valence-corrected chi connectivity index (χ0v) is 18.2. The lowest BCUT2D eigenvalue weighted by atomic mass is 10.1. The molecule has 5 unspecified atom stereocenters. The van der Waals surface area contributed by atoms with Crippen LogP contribution in [0.4, 0.5) is 0 Å². The number of benzene rings is 1. The topological polar surface area (TPSA) is 249 Å². The summed E-state index contributed by atoms with van der Waals surface area (Å²) < 4.78 is 0. The fraction of sp³-hybridized carbons (Fsp3) is 0.450. The number of aliphatic carboxylic acids is 2. The summed E-state index contributed by atoms with van der Waals surface area (Å²) >= 11 is 0. The van der Waals surface area contributed by atoms with Gasteiger partial charge in [-0.25, -0.2) is 4.79 Å². The van der Waals surface area contributed by atoms with Crippen LogP contribution in [0.1, 0.15) is 18.9 Å². The number of nitrogens with one attached hydrogen (secondary N) is 3. The van der Waals surface area contributed by atoms with Gasteiger partial charge in [-0.1, -0.05) is 12.1 Å². The van der Waals surface area contributed by atoms with E-state index in [1.807, 2.05) is 0 Å². The van der Waals surface area contributed by atoms with Crippen LogP contribution in [-0.4, -0.2) is 92.1 Å². The van der Waals surface area contributed by atoms with Crippen LogP contribution in [0.3, 0.4) is 0 Å². The van der Waals surface area contributed by atoms with Crippen molar-refractivity contribution >= 4 is 29.7 Å². The molecule has 0 radical (unpaired) electrons. The number of carboxylic acid groups (broad SMARTS) is 2. The van der Waals surface area contributed by atoms with Crippen molar-refractivity contribution in [3.63, 3.8) is 0 Å². The molecule has 5 atom stereocenters. The van der Waals surface area contributed by atoms with Gasteiger partial charge < -0.3 is 47.2 Å². The van der Waals surface area contributed by atoms with Gasteiger partial charge in [0.1, 0.15) is 23.9 Å². The van der Waals surface area contributed by atoms with E-state index in [4.69, 9.17) is 10.8 Å². The second-order valence-corrected chi connectivity index (χ2v) is 7.44. The van der Waals surface area contributed by atoms with Gasteiger partial charge in [-0.15, -0.1) is 0 Å². The van der Waals surface area contributed by atoms with Crippen LogP contribution in [0.5, 0.6) is 5.75 Å². The number of hydrogen-bond acceptors (Lipinski definition) is 9. The Hall–Kier alpha value is -3.75. The fourth-order valence-electron chi connectivity index (χ4n) is 2.74. The number of phenols is 1. The second kappa shape index (κ2) is 13.1. The van der Waals surface area contributed by atoms with E-state index in [0.29, 0.717) is 5.56 Å². The zero-order chi connectivity index (χ0) is 26.0. The van der Waals surface area contributed by atoms with E-state index in [1.165, 1.54) is 24.3 Å². The van der Waals surface area contributed by atoms with E-state index in [2.05, 4.69) is 16.0 Å². The van der Waals surface area contributed by atoms with Crippen LogP contribution in [0.15, 0.2) is 24.3 Å². The third kappa shape index (κ3) is 9.01. The number of phenolic OH excluding ortho intramolecular Hbond substituents is 1. The molecule has 3 amide bonds. The lowest BCUT2D eigenvalue weighted by Crippen LogP contribution is -2.60. The van der Waals surface area contributed by atoms with Crippen molar-refractivity contribution in [3.05, 3.63) is 29.8 Å². The van der Waals surface area contributed by atoms with E-state index < -0.39 is 73.0 Å². The Bertz CT molecular complexity index is 890. The molecule has 0 aliphatic heterocycles. The molecule has 14 heteroatoms. The summed E-state index contributed by atoms with van der Waals surface area (Å²) in [6.07, 6.45) is -2.40. The first kappa shape index (κ1) is 28.3. The molecule has 0 bridgehead atoms. The number of rotatable bonds is 13. The molecule has 0 saturated heterocycles. The quantitative estimate of drug-likeness (QED) is 0.134. The highest BCUT2D eigenvalue weighted by molar-refractivity contribution is 5.95. The third-order valence-electron chi connectivity index (χ3n) is 4.60. The van der Waals surface area contributed by atoms with Gasteiger partial charge in [0.2, 0.25) is 17.7 Å². The monoisotopic (exact) mass is 484 g/mol. The summed E-state index contributed by atoms with van der Waals surface area (Å²) in [5.74, 6) is -6.01. The smallest absolute Gasteiger partial charge is 0.326 e. The zero-order valence-electron chi connectivity index (χ0n) is 18.2. The molecule has 1 aromatic carbocycles. The van der Waals surface area contributed by atoms with Gasteiger partial charge >= 0.3 is 11.9 Å². The molecule has 0 aliphatic carbocycles. The van der Waals surface area contributed by atoms with Gasteiger partial charge in [-0.2, -0.15) is 0 Å². The first-order chi connectivity index (χ1) is 15.8. The van der Waals surface area contributed by atoms with Gasteiger partial charge in [0.15, 0.2) is 0 Å². The predicted octanol–water partition coefficient (Wildman–Crippen LogP) is -3.35. The van der Waals surface area contributed by atoms with Crippen LogP contribution in [0, 0.1) is 0 Å². The van der Waals surface area contributed by atoms with E-state index in [1.54, 1.807) is 0 Å². The summed E-state index contributed by atoms with van der Waals surface area (Å²) in [7, 11) is 0. The lowest BCUT2D eigenvalue weighted by molar-refractivity contribution is -0.142. The van der Waals surface area contributed by atoms with E-state index in [0.717, 1.165) is 6.92 Å². The molecule has 0 heterocycles. The fourth-order valence-corrected chi connectivity index (χ4v) is 2.74. The number of carbonyl (C=O) groups is 5. The summed E-state index contributed by atoms with van der Waals surface area (Å²) in [4.78, 5) is 59.2. The normalized spacial score (nSPS) is 15.2. The minimum absolute atomic E-state index is 0.0357. The number of aromatic hydroxyl groups is 1. The molecule has 188 valence electrons. The number of carboxylic acids is 2. The molecule has 0 spiro atoms. The highest BCUT2D eigenvalue weighted by Gasteiger charge is 2.32. The van der Waals surface area contributed by atoms with Crippen LogP contribution in [0.2, 0.25) is 0 Å². The highest BCUT2D eigenvalue weighted by Crippen LogP contribution is 2.11. The SMILES string of the molecule is CC(O)C(NC(=O)C(N)CC(=O)O)C(=O)NC(CO)C(=O)NC(Cc1ccc(O)cc1)C(=O)O. The van der Waals surface area contributed by atoms with Crippen LogP contribution < -0.4 is 21.7 Å². The molecule has 1 rings (SSSR count). The van der Waals surface area contributed by atoms with Crippen molar-refractivity contribution < 1.29 is 49.5 Å². The molecule has 1 aromatic rings. The van der Waals surface area contributed by atoms with E-state index >= 15 is 0 Å². The summed E-state index contributed by atoms with van der Waals surface area (Å²) in [6.45, 7) is 0.196. The minimum atomic E-state index is -1.65. The van der Waals surface area contributed by atoms with Crippen LogP contribution in [-0.2, 0) is 30.4 Å². The maximum absolute atomic E-state index is 12.5. The number of hydrogen-bond donors (Lipinski definition) is 9. The standard InChI is InChI=1S/C20H28N4O10/c1-9(26)16(24-17(30)12(21)7-15(28)29)19(32)23-14(8-25)18(31)22-13(20(33)34)6-10-2-4-11(27)5-3-10/h2-5,9,12-14,16,25-27H,6-8,21H2,1H3,(H,22,31)(H,23,32)(H,24,30)(H,28,29)(H,33,34). The van der Waals surface area contributed by atoms with Gasteiger partial charge in [-0.05, 0) is 24.6 Å². The van der Waals surface area contributed by atoms with Crippen molar-refractivity contribution in [2.75, 3.05) is 6.61 Å². The van der Waals surface area contributed by atoms with Crippen LogP contribution in [0.25, 0.3) is 0 Å². The number of aliphatic hydroxyl groups excluding tert-OH is 2. The lowest BCUT2D eigenvalue weighted by Gasteiger charge is -2.25. The Morgan fingerprint density at radius 3 is 1.94 bits per heavy atom. The number of nitrogens with two attached hydrogens (primary N) is 1. The average molecular weight is 484 g/mol. The summed E-state index contributed by atoms with van der Waals surface area (Å²) in [5, 5.41) is 53.1. The average Bonchev–Trinajstić information content (AvgIpc) is 2.75. The predicted molar refractivity (Wildman–Crippen MR) is 114 cm³/mol. The second-order valence-electron chi connectivity index (χ2n) is 7.44. The van der Waals surface area contributed by atoms with Gasteiger partial charge in [-0.3, -0.25) is 19.2 Å². The molecule has 0 aromatic heterocycles. The molecule has 0 saturated carbocycles. The first-order valence-corrected chi connectivity index (χ1v) is 10.0. The molecule has 0 fully saturated rings. The Labute approximate surface area is 193 Å². The first-order valence-electron chi connectivity index (χ1n) is 10.0. The van der Waals surface area contributed by atoms with Crippen LogP contribution >= 0.6 is 0 Å². The van der Waals surface area contributed by atoms with Gasteiger partial charge in [0, 0.05) is 6.42 Å². The summed E-state index contributed by atoms with van der Waals surface area (Å²) in [5.41, 5.74) is 5.89. The molecule has 34 heavy (non-hydrogen) atoms. The number of carbonyl (C=O) groups excluding carboxylic acids is 3. The molecule has 0 aliphatic rings. The summed E-state index contributed by atoms with van der Waals surface area (Å²) in [6, 6.07) is -0.675. The van der Waals surface area contributed by atoms with Crippen molar-refractivity contribution in [2.24, 2.45) is 5.73 Å². The van der Waals surface area contributed by atoms with Crippen molar-refractivity contribution in [3.8, 4) is 5.75 Å². The minimum Gasteiger partial charge on any atom is -0.508 e. The van der Waals surface area contributed by atoms with Crippen molar-refractivity contribution in [2.45, 2.75) is 50.0 Å². The number of amides is 3. The highest BCUT2D eigenvalue weighted by atomic mass is 16.4. The van der Waals surface area contributed by atoms with Gasteiger partial charge in [0.05, 0.1) is 25.2 Å². The third-order valence-corrected chi connectivity index (χ3v) is 4.60. The Kier molecular flexibility index (Phi) is 10.9. The largest absolute Gasteiger partial charge is 0.508 e. The Morgan fingerprint density at radius 2 is 1.47 bits per heavy atom. The molecule has 10 N–H and O–H groups in total. The molecular weight excluding hydrogens is 456 g/mol. The maximum atomic E-state index is 12.5. The Morgan fingerprint density at radius 1 is 0.912 bits per heavy atom. The molecule has 14 nitrogen and oxygen atoms in total. The van der Waals surface area contributed by atoms with E-state index in [-0.39, 0.29) is 12.2 Å². The number of aliphatic hydroxyl groups is 2. The van der Waals surface area contributed by atoms with Crippen molar-refractivity contribution in [1.29, 1.82) is 0 Å². The van der Waals surface area contributed by atoms with E-state index in [9.17, 15) is 44.4 Å².